The van der Waals surface area contributed by atoms with E-state index in [4.69, 9.17) is 23.2 Å². The lowest BCUT2D eigenvalue weighted by atomic mass is 10.1. The summed E-state index contributed by atoms with van der Waals surface area (Å²) in [6, 6.07) is 12.1. The topological polar surface area (TPSA) is 70.2 Å². The fraction of sp³-hybridized carbons (Fsp3) is 0.222. The van der Waals surface area contributed by atoms with E-state index in [1.165, 1.54) is 6.92 Å². The van der Waals surface area contributed by atoms with E-state index in [2.05, 4.69) is 16.0 Å². The van der Waals surface area contributed by atoms with Gasteiger partial charge in [0.05, 0.1) is 6.54 Å². The maximum atomic E-state index is 12.1. The molecule has 2 amide bonds. The van der Waals surface area contributed by atoms with Gasteiger partial charge in [0.15, 0.2) is 0 Å². The highest BCUT2D eigenvalue weighted by Crippen LogP contribution is 2.26. The summed E-state index contributed by atoms with van der Waals surface area (Å²) in [5.74, 6) is -0.365. The molecule has 0 fully saturated rings. The van der Waals surface area contributed by atoms with Gasteiger partial charge in [-0.25, -0.2) is 0 Å². The van der Waals surface area contributed by atoms with E-state index >= 15 is 0 Å². The van der Waals surface area contributed by atoms with Gasteiger partial charge in [-0.2, -0.15) is 0 Å². The summed E-state index contributed by atoms with van der Waals surface area (Å²) in [7, 11) is 0. The van der Waals surface area contributed by atoms with E-state index in [0.717, 1.165) is 5.56 Å². The Hall–Kier alpha value is -2.08. The lowest BCUT2D eigenvalue weighted by Crippen LogP contribution is -2.30. The van der Waals surface area contributed by atoms with Crippen molar-refractivity contribution in [2.75, 3.05) is 17.2 Å². The smallest absolute Gasteiger partial charge is 0.238 e. The van der Waals surface area contributed by atoms with Gasteiger partial charge in [0.1, 0.15) is 0 Å². The van der Waals surface area contributed by atoms with Crippen molar-refractivity contribution in [3.05, 3.63) is 58.1 Å². The minimum Gasteiger partial charge on any atom is -0.326 e. The predicted octanol–water partition coefficient (Wildman–Crippen LogP) is 4.24. The Bertz CT molecular complexity index is 781. The van der Waals surface area contributed by atoms with Crippen LogP contribution in [0.15, 0.2) is 42.5 Å². The van der Waals surface area contributed by atoms with Gasteiger partial charge in [0.25, 0.3) is 0 Å². The molecule has 0 saturated carbocycles. The molecule has 7 heteroatoms. The fourth-order valence-corrected chi connectivity index (χ4v) is 2.86. The second kappa shape index (κ2) is 8.85. The summed E-state index contributed by atoms with van der Waals surface area (Å²) < 4.78 is 0. The van der Waals surface area contributed by atoms with Crippen molar-refractivity contribution in [1.82, 2.24) is 5.32 Å². The molecular formula is C18H19Cl2N3O2. The second-order valence-corrected chi connectivity index (χ2v) is 6.42. The summed E-state index contributed by atoms with van der Waals surface area (Å²) in [5.41, 5.74) is 2.10. The van der Waals surface area contributed by atoms with Crippen LogP contribution in [0.1, 0.15) is 25.5 Å². The Morgan fingerprint density at radius 1 is 1.04 bits per heavy atom. The maximum Gasteiger partial charge on any atom is 0.238 e. The van der Waals surface area contributed by atoms with Crippen LogP contribution in [0.4, 0.5) is 11.4 Å². The molecule has 2 aromatic rings. The van der Waals surface area contributed by atoms with E-state index in [1.54, 1.807) is 36.4 Å². The van der Waals surface area contributed by atoms with Crippen LogP contribution in [0.2, 0.25) is 10.0 Å². The van der Waals surface area contributed by atoms with Gasteiger partial charge in [-0.05, 0) is 42.8 Å². The van der Waals surface area contributed by atoms with Crippen molar-refractivity contribution in [3.63, 3.8) is 0 Å². The first-order valence-electron chi connectivity index (χ1n) is 7.71. The first-order chi connectivity index (χ1) is 11.8. The van der Waals surface area contributed by atoms with Gasteiger partial charge in [0, 0.05) is 34.4 Å². The molecule has 0 saturated heterocycles. The molecule has 3 N–H and O–H groups in total. The summed E-state index contributed by atoms with van der Waals surface area (Å²) in [6.45, 7) is 3.46. The molecule has 132 valence electrons. The molecule has 5 nitrogen and oxygen atoms in total. The number of hydrogen-bond donors (Lipinski definition) is 3. The maximum absolute atomic E-state index is 12.1. The molecule has 1 atom stereocenters. The number of nitrogens with one attached hydrogen (secondary N) is 3. The average Bonchev–Trinajstić information content (AvgIpc) is 2.52. The zero-order valence-electron chi connectivity index (χ0n) is 13.9. The van der Waals surface area contributed by atoms with Crippen LogP contribution in [0.25, 0.3) is 0 Å². The number of hydrogen-bond acceptors (Lipinski definition) is 3. The molecule has 0 spiro atoms. The van der Waals surface area contributed by atoms with Gasteiger partial charge in [-0.1, -0.05) is 35.3 Å². The molecule has 2 aromatic carbocycles. The van der Waals surface area contributed by atoms with Crippen LogP contribution >= 0.6 is 23.2 Å². The zero-order valence-corrected chi connectivity index (χ0v) is 15.4. The second-order valence-electron chi connectivity index (χ2n) is 5.58. The van der Waals surface area contributed by atoms with Crippen molar-refractivity contribution >= 4 is 46.4 Å². The van der Waals surface area contributed by atoms with Gasteiger partial charge < -0.3 is 16.0 Å². The van der Waals surface area contributed by atoms with Gasteiger partial charge >= 0.3 is 0 Å². The monoisotopic (exact) mass is 379 g/mol. The van der Waals surface area contributed by atoms with Crippen molar-refractivity contribution in [3.8, 4) is 0 Å². The van der Waals surface area contributed by atoms with Gasteiger partial charge in [-0.15, -0.1) is 0 Å². The highest BCUT2D eigenvalue weighted by molar-refractivity contribution is 6.35. The number of rotatable bonds is 6. The predicted molar refractivity (Wildman–Crippen MR) is 102 cm³/mol. The number of anilines is 2. The summed E-state index contributed by atoms with van der Waals surface area (Å²) in [5, 5.41) is 9.68. The Kier molecular flexibility index (Phi) is 6.82. The van der Waals surface area contributed by atoms with Crippen LogP contribution in [-0.4, -0.2) is 18.4 Å². The number of halogens is 2. The standard InChI is InChI=1S/C18H19Cl2N3O2/c1-11(16-7-6-13(19)8-17(16)20)21-10-18(25)23-15-5-3-4-14(9-15)22-12(2)24/h3-9,11,21H,10H2,1-2H3,(H,22,24)(H,23,25)/t11-/m0/s1. The Labute approximate surface area is 156 Å². The lowest BCUT2D eigenvalue weighted by molar-refractivity contribution is -0.115. The third kappa shape index (κ3) is 6.05. The van der Waals surface area contributed by atoms with E-state index in [1.807, 2.05) is 13.0 Å². The molecular weight excluding hydrogens is 361 g/mol. The quantitative estimate of drug-likeness (QED) is 0.702. The number of benzene rings is 2. The number of amides is 2. The van der Waals surface area contributed by atoms with Crippen LogP contribution < -0.4 is 16.0 Å². The van der Waals surface area contributed by atoms with Crippen molar-refractivity contribution in [2.24, 2.45) is 0 Å². The molecule has 0 aliphatic rings. The molecule has 0 aliphatic heterocycles. The van der Waals surface area contributed by atoms with E-state index in [9.17, 15) is 9.59 Å². The molecule has 0 radical (unpaired) electrons. The zero-order chi connectivity index (χ0) is 18.4. The fourth-order valence-electron chi connectivity index (χ4n) is 2.29. The highest BCUT2D eigenvalue weighted by Gasteiger charge is 2.11. The van der Waals surface area contributed by atoms with Crippen molar-refractivity contribution in [2.45, 2.75) is 19.9 Å². The summed E-state index contributed by atoms with van der Waals surface area (Å²) in [6.07, 6.45) is 0. The first kappa shape index (κ1) is 19.2. The largest absolute Gasteiger partial charge is 0.326 e. The molecule has 25 heavy (non-hydrogen) atoms. The highest BCUT2D eigenvalue weighted by atomic mass is 35.5. The normalized spacial score (nSPS) is 11.7. The van der Waals surface area contributed by atoms with Crippen LogP contribution in [0, 0.1) is 0 Å². The molecule has 2 rings (SSSR count). The van der Waals surface area contributed by atoms with E-state index in [-0.39, 0.29) is 24.4 Å². The third-order valence-electron chi connectivity index (χ3n) is 3.46. The van der Waals surface area contributed by atoms with Crippen LogP contribution in [0.3, 0.4) is 0 Å². The Morgan fingerprint density at radius 3 is 2.36 bits per heavy atom. The minimum absolute atomic E-state index is 0.110. The molecule has 0 aliphatic carbocycles. The first-order valence-corrected chi connectivity index (χ1v) is 8.46. The van der Waals surface area contributed by atoms with Crippen molar-refractivity contribution < 1.29 is 9.59 Å². The van der Waals surface area contributed by atoms with Crippen molar-refractivity contribution in [1.29, 1.82) is 0 Å². The SMILES string of the molecule is CC(=O)Nc1cccc(NC(=O)CN[C@@H](C)c2ccc(Cl)cc2Cl)c1. The number of carbonyl (C=O) groups excluding carboxylic acids is 2. The van der Waals surface area contributed by atoms with E-state index < -0.39 is 0 Å². The van der Waals surface area contributed by atoms with E-state index in [0.29, 0.717) is 21.4 Å². The third-order valence-corrected chi connectivity index (χ3v) is 4.03. The average molecular weight is 380 g/mol. The molecule has 0 aromatic heterocycles. The molecule has 0 bridgehead atoms. The van der Waals surface area contributed by atoms with Crippen LogP contribution in [-0.2, 0) is 9.59 Å². The lowest BCUT2D eigenvalue weighted by Gasteiger charge is -2.16. The molecule has 0 heterocycles. The molecule has 0 unspecified atom stereocenters. The summed E-state index contributed by atoms with van der Waals surface area (Å²) >= 11 is 12.1. The Balaban J connectivity index is 1.91. The van der Waals surface area contributed by atoms with Gasteiger partial charge in [-0.3, -0.25) is 9.59 Å². The minimum atomic E-state index is -0.197. The van der Waals surface area contributed by atoms with Gasteiger partial charge in [0.2, 0.25) is 11.8 Å². The number of carbonyl (C=O) groups is 2. The summed E-state index contributed by atoms with van der Waals surface area (Å²) in [4.78, 5) is 23.2. The van der Waals surface area contributed by atoms with Crippen LogP contribution in [0.5, 0.6) is 0 Å². The Morgan fingerprint density at radius 2 is 1.72 bits per heavy atom.